The zero-order valence-corrected chi connectivity index (χ0v) is 11.9. The van der Waals surface area contributed by atoms with Crippen LogP contribution in [0.15, 0.2) is 18.2 Å². The van der Waals surface area contributed by atoms with Gasteiger partial charge >= 0.3 is 0 Å². The predicted octanol–water partition coefficient (Wildman–Crippen LogP) is 3.40. The molecule has 1 aromatic carbocycles. The third-order valence-electron chi connectivity index (χ3n) is 4.31. The maximum Gasteiger partial charge on any atom is 0.168 e. The van der Waals surface area contributed by atoms with Gasteiger partial charge in [-0.05, 0) is 43.9 Å². The molecule has 1 saturated heterocycles. The molecule has 1 aliphatic carbocycles. The van der Waals surface area contributed by atoms with E-state index in [1.807, 2.05) is 0 Å². The number of nitrogens with one attached hydrogen (secondary N) is 1. The quantitative estimate of drug-likeness (QED) is 0.885. The molecule has 2 fully saturated rings. The molecule has 3 heteroatoms. The zero-order valence-electron chi connectivity index (χ0n) is 11.9. The van der Waals surface area contributed by atoms with Gasteiger partial charge in [-0.25, -0.2) is 0 Å². The Balaban J connectivity index is 1.61. The summed E-state index contributed by atoms with van der Waals surface area (Å²) >= 11 is 0. The van der Waals surface area contributed by atoms with Gasteiger partial charge in [-0.15, -0.1) is 0 Å². The van der Waals surface area contributed by atoms with E-state index in [-0.39, 0.29) is 5.79 Å². The highest BCUT2D eigenvalue weighted by molar-refractivity contribution is 5.53. The van der Waals surface area contributed by atoms with Crippen molar-refractivity contribution in [2.45, 2.75) is 51.4 Å². The smallest absolute Gasteiger partial charge is 0.168 e. The van der Waals surface area contributed by atoms with Crippen LogP contribution in [-0.2, 0) is 9.47 Å². The summed E-state index contributed by atoms with van der Waals surface area (Å²) in [4.78, 5) is 0. The summed E-state index contributed by atoms with van der Waals surface area (Å²) in [7, 11) is 0. The van der Waals surface area contributed by atoms with E-state index < -0.39 is 0 Å². The standard InChI is InChI=1S/C16H23NO2/c1-12-3-4-13(2)15(11-12)17-14-5-7-16(8-6-14)18-9-10-19-16/h3-4,11,14,17H,5-10H2,1-2H3. The lowest BCUT2D eigenvalue weighted by Gasteiger charge is -2.36. The maximum absolute atomic E-state index is 5.77. The minimum atomic E-state index is -0.250. The number of hydrogen-bond acceptors (Lipinski definition) is 3. The van der Waals surface area contributed by atoms with Gasteiger partial charge < -0.3 is 14.8 Å². The summed E-state index contributed by atoms with van der Waals surface area (Å²) in [5.41, 5.74) is 3.90. The van der Waals surface area contributed by atoms with Crippen LogP contribution in [0.4, 0.5) is 5.69 Å². The lowest BCUT2D eigenvalue weighted by atomic mass is 9.89. The van der Waals surface area contributed by atoms with E-state index in [1.165, 1.54) is 16.8 Å². The number of rotatable bonds is 2. The van der Waals surface area contributed by atoms with Crippen LogP contribution in [0.5, 0.6) is 0 Å². The van der Waals surface area contributed by atoms with Gasteiger partial charge in [0.05, 0.1) is 13.2 Å². The van der Waals surface area contributed by atoms with Crippen molar-refractivity contribution in [2.24, 2.45) is 0 Å². The van der Waals surface area contributed by atoms with Crippen molar-refractivity contribution in [1.82, 2.24) is 0 Å². The fourth-order valence-corrected chi connectivity index (χ4v) is 3.10. The van der Waals surface area contributed by atoms with E-state index in [0.717, 1.165) is 38.9 Å². The van der Waals surface area contributed by atoms with Crippen molar-refractivity contribution < 1.29 is 9.47 Å². The second kappa shape index (κ2) is 5.14. The van der Waals surface area contributed by atoms with Crippen molar-refractivity contribution in [3.8, 4) is 0 Å². The fourth-order valence-electron chi connectivity index (χ4n) is 3.10. The van der Waals surface area contributed by atoms with E-state index in [2.05, 4.69) is 37.4 Å². The van der Waals surface area contributed by atoms with E-state index in [1.54, 1.807) is 0 Å². The van der Waals surface area contributed by atoms with Crippen molar-refractivity contribution in [1.29, 1.82) is 0 Å². The number of hydrogen-bond donors (Lipinski definition) is 1. The van der Waals surface area contributed by atoms with E-state index in [0.29, 0.717) is 6.04 Å². The SMILES string of the molecule is Cc1ccc(C)c(NC2CCC3(CC2)OCCO3)c1. The first kappa shape index (κ1) is 12.9. The highest BCUT2D eigenvalue weighted by Gasteiger charge is 2.40. The monoisotopic (exact) mass is 261 g/mol. The molecule has 3 nitrogen and oxygen atoms in total. The summed E-state index contributed by atoms with van der Waals surface area (Å²) in [6.45, 7) is 5.82. The van der Waals surface area contributed by atoms with Gasteiger partial charge in [0.1, 0.15) is 0 Å². The lowest BCUT2D eigenvalue weighted by Crippen LogP contribution is -2.39. The number of ether oxygens (including phenoxy) is 2. The van der Waals surface area contributed by atoms with Crippen molar-refractivity contribution >= 4 is 5.69 Å². The molecule has 104 valence electrons. The molecule has 1 aromatic rings. The van der Waals surface area contributed by atoms with Crippen LogP contribution in [-0.4, -0.2) is 25.0 Å². The second-order valence-electron chi connectivity index (χ2n) is 5.84. The number of aryl methyl sites for hydroxylation is 2. The Morgan fingerprint density at radius 2 is 1.79 bits per heavy atom. The van der Waals surface area contributed by atoms with Gasteiger partial charge in [0.25, 0.3) is 0 Å². The summed E-state index contributed by atoms with van der Waals surface area (Å²) < 4.78 is 11.5. The fraction of sp³-hybridized carbons (Fsp3) is 0.625. The van der Waals surface area contributed by atoms with Gasteiger partial charge in [-0.3, -0.25) is 0 Å². The third kappa shape index (κ3) is 2.77. The summed E-state index contributed by atoms with van der Waals surface area (Å²) in [6, 6.07) is 7.13. The molecule has 1 N–H and O–H groups in total. The Morgan fingerprint density at radius 3 is 2.47 bits per heavy atom. The van der Waals surface area contributed by atoms with Crippen LogP contribution in [0, 0.1) is 13.8 Å². The molecule has 0 bridgehead atoms. The van der Waals surface area contributed by atoms with E-state index in [4.69, 9.17) is 9.47 Å². The van der Waals surface area contributed by atoms with Crippen LogP contribution in [0.2, 0.25) is 0 Å². The molecule has 0 radical (unpaired) electrons. The molecule has 1 spiro atoms. The zero-order chi connectivity index (χ0) is 13.3. The van der Waals surface area contributed by atoms with Gasteiger partial charge in [0.2, 0.25) is 0 Å². The number of benzene rings is 1. The predicted molar refractivity (Wildman–Crippen MR) is 76.4 cm³/mol. The molecule has 0 aromatic heterocycles. The molecule has 0 amide bonds. The molecule has 3 rings (SSSR count). The van der Waals surface area contributed by atoms with Crippen LogP contribution in [0.1, 0.15) is 36.8 Å². The van der Waals surface area contributed by atoms with Crippen LogP contribution < -0.4 is 5.32 Å². The van der Waals surface area contributed by atoms with E-state index in [9.17, 15) is 0 Å². The minimum absolute atomic E-state index is 0.250. The lowest BCUT2D eigenvalue weighted by molar-refractivity contribution is -0.177. The molecular weight excluding hydrogens is 238 g/mol. The molecule has 1 aliphatic heterocycles. The molecule has 2 aliphatic rings. The molecule has 0 unspecified atom stereocenters. The molecule has 1 heterocycles. The Bertz CT molecular complexity index is 442. The van der Waals surface area contributed by atoms with Gasteiger partial charge in [-0.1, -0.05) is 12.1 Å². The minimum Gasteiger partial charge on any atom is -0.382 e. The normalized spacial score (nSPS) is 22.8. The average molecular weight is 261 g/mol. The Morgan fingerprint density at radius 1 is 1.11 bits per heavy atom. The van der Waals surface area contributed by atoms with Gasteiger partial charge in [0.15, 0.2) is 5.79 Å². The van der Waals surface area contributed by atoms with Crippen molar-refractivity contribution in [3.63, 3.8) is 0 Å². The number of anilines is 1. The Labute approximate surface area is 115 Å². The Hall–Kier alpha value is -1.06. The van der Waals surface area contributed by atoms with Crippen LogP contribution >= 0.6 is 0 Å². The molecular formula is C16H23NO2. The first-order chi connectivity index (χ1) is 9.17. The third-order valence-corrected chi connectivity index (χ3v) is 4.31. The van der Waals surface area contributed by atoms with Crippen molar-refractivity contribution in [2.75, 3.05) is 18.5 Å². The first-order valence-electron chi connectivity index (χ1n) is 7.29. The molecule has 1 saturated carbocycles. The van der Waals surface area contributed by atoms with Crippen LogP contribution in [0.25, 0.3) is 0 Å². The molecule has 0 atom stereocenters. The second-order valence-corrected chi connectivity index (χ2v) is 5.84. The van der Waals surface area contributed by atoms with Crippen LogP contribution in [0.3, 0.4) is 0 Å². The first-order valence-corrected chi connectivity index (χ1v) is 7.29. The summed E-state index contributed by atoms with van der Waals surface area (Å²) in [5, 5.41) is 3.69. The van der Waals surface area contributed by atoms with Crippen molar-refractivity contribution in [3.05, 3.63) is 29.3 Å². The topological polar surface area (TPSA) is 30.5 Å². The largest absolute Gasteiger partial charge is 0.382 e. The highest BCUT2D eigenvalue weighted by Crippen LogP contribution is 2.36. The summed E-state index contributed by atoms with van der Waals surface area (Å²) in [5.74, 6) is -0.250. The molecule has 19 heavy (non-hydrogen) atoms. The average Bonchev–Trinajstić information content (AvgIpc) is 2.85. The Kier molecular flexibility index (Phi) is 3.50. The summed E-state index contributed by atoms with van der Waals surface area (Å²) in [6.07, 6.45) is 4.26. The van der Waals surface area contributed by atoms with E-state index >= 15 is 0 Å². The van der Waals surface area contributed by atoms with Gasteiger partial charge in [-0.2, -0.15) is 0 Å². The maximum atomic E-state index is 5.77. The highest BCUT2D eigenvalue weighted by atomic mass is 16.7. The van der Waals surface area contributed by atoms with Gasteiger partial charge in [0, 0.05) is 24.6 Å².